The minimum atomic E-state index is -1.20. The van der Waals surface area contributed by atoms with Crippen LogP contribution in [-0.2, 0) is 4.79 Å². The number of nitrogens with zero attached hydrogens (tertiary/aromatic N) is 2. The number of aliphatic carboxylic acids is 1. The lowest BCUT2D eigenvalue weighted by Crippen LogP contribution is -2.26. The van der Waals surface area contributed by atoms with E-state index in [1.807, 2.05) is 6.92 Å². The first-order valence-electron chi connectivity index (χ1n) is 7.26. The molecule has 0 aromatic rings. The van der Waals surface area contributed by atoms with Crippen molar-refractivity contribution in [1.82, 2.24) is 0 Å². The molecule has 0 spiro atoms. The van der Waals surface area contributed by atoms with Gasteiger partial charge < -0.3 is 5.11 Å². The summed E-state index contributed by atoms with van der Waals surface area (Å²) in [7, 11) is 0. The minimum absolute atomic E-state index is 0.108. The van der Waals surface area contributed by atoms with Gasteiger partial charge in [0, 0.05) is 29.1 Å². The Hall–Kier alpha value is -1.73. The maximum atomic E-state index is 10.9. The molecule has 0 amide bonds. The van der Waals surface area contributed by atoms with E-state index < -0.39 is 29.4 Å². The zero-order valence-corrected chi connectivity index (χ0v) is 12.6. The molecule has 0 bridgehead atoms. The van der Waals surface area contributed by atoms with E-state index in [0.29, 0.717) is 19.3 Å². The molecule has 0 aliphatic heterocycles. The molecule has 0 aliphatic carbocycles. The highest BCUT2D eigenvalue weighted by Crippen LogP contribution is 2.20. The van der Waals surface area contributed by atoms with E-state index in [0.717, 1.165) is 12.8 Å². The Morgan fingerprint density at radius 1 is 1.10 bits per heavy atom. The summed E-state index contributed by atoms with van der Waals surface area (Å²) in [6.07, 6.45) is 2.71. The van der Waals surface area contributed by atoms with E-state index in [1.54, 1.807) is 6.92 Å². The molecule has 0 saturated carbocycles. The Morgan fingerprint density at radius 3 is 2.10 bits per heavy atom. The molecular formula is C13H24N2O6. The molecule has 0 aliphatic rings. The SMILES string of the molecule is CCCCC(CCC(C)CC(CC(=O)O)[N+](=O)[O-])[N+](=O)[O-]. The van der Waals surface area contributed by atoms with Gasteiger partial charge in [-0.3, -0.25) is 25.0 Å². The van der Waals surface area contributed by atoms with Crippen LogP contribution in [0.4, 0.5) is 0 Å². The Labute approximate surface area is 123 Å². The van der Waals surface area contributed by atoms with Gasteiger partial charge in [-0.2, -0.15) is 0 Å². The van der Waals surface area contributed by atoms with Crippen molar-refractivity contribution in [2.24, 2.45) is 5.92 Å². The van der Waals surface area contributed by atoms with E-state index in [1.165, 1.54) is 0 Å². The largest absolute Gasteiger partial charge is 0.481 e. The molecule has 0 saturated heterocycles. The first-order chi connectivity index (χ1) is 9.77. The lowest BCUT2D eigenvalue weighted by Gasteiger charge is -2.15. The van der Waals surface area contributed by atoms with Crippen molar-refractivity contribution in [1.29, 1.82) is 0 Å². The first-order valence-corrected chi connectivity index (χ1v) is 7.26. The molecule has 3 unspecified atom stereocenters. The number of hydrogen-bond donors (Lipinski definition) is 1. The molecular weight excluding hydrogens is 280 g/mol. The van der Waals surface area contributed by atoms with Crippen molar-refractivity contribution in [2.45, 2.75) is 70.9 Å². The molecule has 3 atom stereocenters. The van der Waals surface area contributed by atoms with Gasteiger partial charge in [0.2, 0.25) is 12.1 Å². The van der Waals surface area contributed by atoms with Crippen LogP contribution < -0.4 is 0 Å². The Bertz CT molecular complexity index is 361. The summed E-state index contributed by atoms with van der Waals surface area (Å²) >= 11 is 0. The van der Waals surface area contributed by atoms with Crippen LogP contribution in [0.25, 0.3) is 0 Å². The predicted molar refractivity (Wildman–Crippen MR) is 76.4 cm³/mol. The average Bonchev–Trinajstić information content (AvgIpc) is 2.36. The smallest absolute Gasteiger partial charge is 0.310 e. The van der Waals surface area contributed by atoms with Gasteiger partial charge in [-0.1, -0.05) is 20.3 Å². The Balaban J connectivity index is 4.32. The summed E-state index contributed by atoms with van der Waals surface area (Å²) in [5.74, 6) is -1.31. The second-order valence-electron chi connectivity index (χ2n) is 5.54. The fraction of sp³-hybridized carbons (Fsp3) is 0.923. The van der Waals surface area contributed by atoms with E-state index in [9.17, 15) is 25.0 Å². The molecule has 0 aromatic carbocycles. The van der Waals surface area contributed by atoms with Gasteiger partial charge in [0.05, 0.1) is 0 Å². The quantitative estimate of drug-likeness (QED) is 0.436. The van der Waals surface area contributed by atoms with Crippen LogP contribution in [-0.4, -0.2) is 33.0 Å². The number of carboxylic acids is 1. The van der Waals surface area contributed by atoms with E-state index in [2.05, 4.69) is 0 Å². The highest BCUT2D eigenvalue weighted by atomic mass is 16.6. The van der Waals surface area contributed by atoms with Crippen molar-refractivity contribution in [3.8, 4) is 0 Å². The highest BCUT2D eigenvalue weighted by molar-refractivity contribution is 5.67. The van der Waals surface area contributed by atoms with Crippen LogP contribution in [0.2, 0.25) is 0 Å². The van der Waals surface area contributed by atoms with Crippen molar-refractivity contribution < 1.29 is 19.7 Å². The molecule has 8 nitrogen and oxygen atoms in total. The number of rotatable bonds is 12. The van der Waals surface area contributed by atoms with Gasteiger partial charge in [0.15, 0.2) is 0 Å². The van der Waals surface area contributed by atoms with E-state index >= 15 is 0 Å². The van der Waals surface area contributed by atoms with Crippen molar-refractivity contribution >= 4 is 5.97 Å². The summed E-state index contributed by atoms with van der Waals surface area (Å²) in [6.45, 7) is 3.74. The minimum Gasteiger partial charge on any atom is -0.481 e. The number of carbonyl (C=O) groups is 1. The number of nitro groups is 2. The van der Waals surface area contributed by atoms with Gasteiger partial charge in [-0.05, 0) is 18.8 Å². The van der Waals surface area contributed by atoms with Gasteiger partial charge in [0.25, 0.3) is 0 Å². The van der Waals surface area contributed by atoms with Crippen LogP contribution in [0.3, 0.4) is 0 Å². The summed E-state index contributed by atoms with van der Waals surface area (Å²) < 4.78 is 0. The molecule has 0 rings (SSSR count). The third-order valence-corrected chi connectivity index (χ3v) is 3.56. The second kappa shape index (κ2) is 10.1. The third kappa shape index (κ3) is 8.93. The summed E-state index contributed by atoms with van der Waals surface area (Å²) in [4.78, 5) is 31.4. The van der Waals surface area contributed by atoms with Gasteiger partial charge >= 0.3 is 5.97 Å². The molecule has 1 N–H and O–H groups in total. The zero-order chi connectivity index (χ0) is 16.4. The van der Waals surface area contributed by atoms with E-state index in [4.69, 9.17) is 5.11 Å². The normalized spacial score (nSPS) is 15.1. The van der Waals surface area contributed by atoms with Crippen molar-refractivity contribution in [3.63, 3.8) is 0 Å². The molecule has 0 fully saturated rings. The summed E-state index contributed by atoms with van der Waals surface area (Å²) in [5, 5.41) is 30.3. The topological polar surface area (TPSA) is 124 Å². The van der Waals surface area contributed by atoms with Crippen LogP contribution >= 0.6 is 0 Å². The zero-order valence-electron chi connectivity index (χ0n) is 12.6. The highest BCUT2D eigenvalue weighted by Gasteiger charge is 2.27. The van der Waals surface area contributed by atoms with Gasteiger partial charge in [-0.25, -0.2) is 0 Å². The van der Waals surface area contributed by atoms with Crippen molar-refractivity contribution in [3.05, 3.63) is 20.2 Å². The van der Waals surface area contributed by atoms with Gasteiger partial charge in [-0.15, -0.1) is 0 Å². The van der Waals surface area contributed by atoms with Crippen LogP contribution in [0.1, 0.15) is 58.8 Å². The van der Waals surface area contributed by atoms with Crippen LogP contribution in [0, 0.1) is 26.1 Å². The third-order valence-electron chi connectivity index (χ3n) is 3.56. The average molecular weight is 304 g/mol. The number of hydrogen-bond acceptors (Lipinski definition) is 5. The van der Waals surface area contributed by atoms with E-state index in [-0.39, 0.29) is 17.3 Å². The molecule has 8 heteroatoms. The Kier molecular flexibility index (Phi) is 9.23. The molecule has 0 heterocycles. The van der Waals surface area contributed by atoms with Gasteiger partial charge in [0.1, 0.15) is 6.42 Å². The monoisotopic (exact) mass is 304 g/mol. The lowest BCUT2D eigenvalue weighted by atomic mass is 9.92. The molecule has 0 radical (unpaired) electrons. The number of unbranched alkanes of at least 4 members (excludes halogenated alkanes) is 1. The summed E-state index contributed by atoms with van der Waals surface area (Å²) in [5.41, 5.74) is 0. The predicted octanol–water partition coefficient (Wildman–Crippen LogP) is 2.75. The van der Waals surface area contributed by atoms with Crippen LogP contribution in [0.5, 0.6) is 0 Å². The maximum absolute atomic E-state index is 10.9. The fourth-order valence-electron chi connectivity index (χ4n) is 2.30. The summed E-state index contributed by atoms with van der Waals surface area (Å²) in [6, 6.07) is -1.73. The molecule has 122 valence electrons. The fourth-order valence-corrected chi connectivity index (χ4v) is 2.30. The van der Waals surface area contributed by atoms with Crippen LogP contribution in [0.15, 0.2) is 0 Å². The Morgan fingerprint density at radius 2 is 1.67 bits per heavy atom. The van der Waals surface area contributed by atoms with Crippen molar-refractivity contribution in [2.75, 3.05) is 0 Å². The molecule has 21 heavy (non-hydrogen) atoms. The number of carboxylic acid groups (broad SMARTS) is 1. The maximum Gasteiger partial charge on any atom is 0.310 e. The first kappa shape index (κ1) is 19.3. The lowest BCUT2D eigenvalue weighted by molar-refractivity contribution is -0.527. The molecule has 0 aromatic heterocycles. The standard InChI is InChI=1S/C13H24N2O6/c1-3-4-5-11(14(18)19)7-6-10(2)8-12(15(20)21)9-13(16)17/h10-12H,3-9H2,1-2H3,(H,16,17). The second-order valence-corrected chi connectivity index (χ2v) is 5.54.